The van der Waals surface area contributed by atoms with Crippen molar-refractivity contribution in [2.75, 3.05) is 7.11 Å². The van der Waals surface area contributed by atoms with Crippen molar-refractivity contribution in [3.63, 3.8) is 0 Å². The molecule has 0 saturated carbocycles. The molecule has 1 unspecified atom stereocenters. The van der Waals surface area contributed by atoms with Crippen molar-refractivity contribution in [2.24, 2.45) is 0 Å². The summed E-state index contributed by atoms with van der Waals surface area (Å²) in [5.41, 5.74) is 5.88. The van der Waals surface area contributed by atoms with Crippen molar-refractivity contribution >= 4 is 22.5 Å². The SMILES string of the molecule is CCCCCn1c(C)c(C2(c3c(-c4ccc(OC)cc4)nc4ccccn34)OC(=O)c3cccnc32)c2ccccc21. The van der Waals surface area contributed by atoms with Gasteiger partial charge in [-0.25, -0.2) is 9.78 Å². The Hall–Kier alpha value is -4.91. The molecule has 7 heteroatoms. The number of ether oxygens (including phenoxy) is 2. The fourth-order valence-corrected chi connectivity index (χ4v) is 6.51. The highest BCUT2D eigenvalue weighted by Gasteiger charge is 2.55. The molecule has 7 nitrogen and oxygen atoms in total. The topological polar surface area (TPSA) is 70.7 Å². The van der Waals surface area contributed by atoms with Gasteiger partial charge in [-0.05, 0) is 67.9 Å². The molecule has 210 valence electrons. The summed E-state index contributed by atoms with van der Waals surface area (Å²) >= 11 is 0. The first-order chi connectivity index (χ1) is 20.6. The standard InChI is InChI=1S/C35H32N4O3/c1-4-5-9-21-38-23(2)30(26-12-6-7-14-28(26)38)35(32-27(34(40)42-35)13-11-20-36-32)33-31(24-16-18-25(41-3)19-17-24)37-29-15-8-10-22-39(29)33/h6-8,10-20,22H,4-5,9,21H2,1-3H3. The zero-order valence-electron chi connectivity index (χ0n) is 24.0. The van der Waals surface area contributed by atoms with Crippen LogP contribution in [-0.4, -0.2) is 32.0 Å². The van der Waals surface area contributed by atoms with Crippen LogP contribution in [0.2, 0.25) is 0 Å². The molecule has 0 saturated heterocycles. The van der Waals surface area contributed by atoms with Gasteiger partial charge in [-0.1, -0.05) is 44.0 Å². The second-order valence-corrected chi connectivity index (χ2v) is 10.8. The van der Waals surface area contributed by atoms with E-state index in [1.54, 1.807) is 25.4 Å². The molecule has 5 heterocycles. The summed E-state index contributed by atoms with van der Waals surface area (Å²) in [6.45, 7) is 5.22. The number of carbonyl (C=O) groups is 1. The Labute approximate surface area is 244 Å². The lowest BCUT2D eigenvalue weighted by Crippen LogP contribution is -2.33. The van der Waals surface area contributed by atoms with Crippen molar-refractivity contribution in [1.82, 2.24) is 18.9 Å². The molecule has 0 bridgehead atoms. The fourth-order valence-electron chi connectivity index (χ4n) is 6.51. The Bertz CT molecular complexity index is 1950. The predicted molar refractivity (Wildman–Crippen MR) is 163 cm³/mol. The third-order valence-corrected chi connectivity index (χ3v) is 8.40. The van der Waals surface area contributed by atoms with Crippen molar-refractivity contribution in [1.29, 1.82) is 0 Å². The molecule has 0 amide bonds. The van der Waals surface area contributed by atoms with E-state index in [-0.39, 0.29) is 0 Å². The van der Waals surface area contributed by atoms with E-state index in [1.165, 1.54) is 0 Å². The van der Waals surface area contributed by atoms with Gasteiger partial charge in [-0.2, -0.15) is 0 Å². The van der Waals surface area contributed by atoms with E-state index < -0.39 is 11.6 Å². The number of hydrogen-bond acceptors (Lipinski definition) is 5. The van der Waals surface area contributed by atoms with Crippen molar-refractivity contribution in [3.05, 3.63) is 119 Å². The number of hydrogen-bond donors (Lipinski definition) is 0. The maximum absolute atomic E-state index is 13.8. The number of methoxy groups -OCH3 is 1. The minimum absolute atomic E-state index is 0.396. The quantitative estimate of drug-likeness (QED) is 0.145. The lowest BCUT2D eigenvalue weighted by Gasteiger charge is -2.30. The number of aromatic nitrogens is 4. The van der Waals surface area contributed by atoms with Gasteiger partial charge in [0.05, 0.1) is 18.4 Å². The van der Waals surface area contributed by atoms with Crippen LogP contribution >= 0.6 is 0 Å². The number of imidazole rings is 1. The Balaban J connectivity index is 1.62. The first-order valence-electron chi connectivity index (χ1n) is 14.5. The normalized spacial score (nSPS) is 16.2. The molecule has 2 aromatic carbocycles. The maximum Gasteiger partial charge on any atom is 0.341 e. The Morgan fingerprint density at radius 2 is 1.76 bits per heavy atom. The molecule has 6 aromatic rings. The van der Waals surface area contributed by atoms with Crippen molar-refractivity contribution in [2.45, 2.75) is 45.3 Å². The van der Waals surface area contributed by atoms with Gasteiger partial charge in [0.2, 0.25) is 5.60 Å². The summed E-state index contributed by atoms with van der Waals surface area (Å²) in [6, 6.07) is 25.7. The van der Waals surface area contributed by atoms with Gasteiger partial charge in [0.25, 0.3) is 0 Å². The average Bonchev–Trinajstić information content (AvgIpc) is 3.65. The van der Waals surface area contributed by atoms with Gasteiger partial charge < -0.3 is 14.0 Å². The molecular weight excluding hydrogens is 524 g/mol. The lowest BCUT2D eigenvalue weighted by molar-refractivity contribution is 0.0232. The first kappa shape index (κ1) is 26.0. The van der Waals surface area contributed by atoms with Gasteiger partial charge in [-0.3, -0.25) is 9.38 Å². The van der Waals surface area contributed by atoms with E-state index in [2.05, 4.69) is 36.6 Å². The molecule has 0 aliphatic carbocycles. The number of unbranched alkanes of at least 4 members (excludes halogenated alkanes) is 2. The summed E-state index contributed by atoms with van der Waals surface area (Å²) in [7, 11) is 1.65. The van der Waals surface area contributed by atoms with Gasteiger partial charge in [0.1, 0.15) is 22.8 Å². The van der Waals surface area contributed by atoms with E-state index in [1.807, 2.05) is 59.1 Å². The predicted octanol–water partition coefficient (Wildman–Crippen LogP) is 7.32. The summed E-state index contributed by atoms with van der Waals surface area (Å²) in [5, 5.41) is 1.03. The molecule has 42 heavy (non-hydrogen) atoms. The minimum atomic E-state index is -1.34. The van der Waals surface area contributed by atoms with E-state index >= 15 is 0 Å². The largest absolute Gasteiger partial charge is 0.497 e. The number of carbonyl (C=O) groups excluding carboxylic acids is 1. The zero-order chi connectivity index (χ0) is 28.8. The van der Waals surface area contributed by atoms with Crippen LogP contribution in [0.3, 0.4) is 0 Å². The summed E-state index contributed by atoms with van der Waals surface area (Å²) < 4.78 is 16.5. The van der Waals surface area contributed by atoms with Crippen molar-refractivity contribution < 1.29 is 14.3 Å². The molecule has 1 aliphatic heterocycles. The van der Waals surface area contributed by atoms with Crippen LogP contribution in [0.4, 0.5) is 0 Å². The molecule has 0 N–H and O–H groups in total. The molecule has 1 aliphatic rings. The first-order valence-corrected chi connectivity index (χ1v) is 14.5. The number of rotatable bonds is 8. The highest BCUT2D eigenvalue weighted by molar-refractivity contribution is 5.98. The number of esters is 1. The number of para-hydroxylation sites is 1. The van der Waals surface area contributed by atoms with Crippen LogP contribution in [0.25, 0.3) is 27.8 Å². The van der Waals surface area contributed by atoms with Gasteiger partial charge in [0, 0.05) is 46.7 Å². The molecule has 4 aromatic heterocycles. The smallest absolute Gasteiger partial charge is 0.341 e. The van der Waals surface area contributed by atoms with Crippen LogP contribution < -0.4 is 4.74 Å². The second kappa shape index (κ2) is 10.2. The molecular formula is C35H32N4O3. The Morgan fingerprint density at radius 3 is 2.57 bits per heavy atom. The number of aryl methyl sites for hydroxylation is 1. The second-order valence-electron chi connectivity index (χ2n) is 10.8. The van der Waals surface area contributed by atoms with Gasteiger partial charge >= 0.3 is 5.97 Å². The van der Waals surface area contributed by atoms with Gasteiger partial charge in [-0.15, -0.1) is 0 Å². The highest BCUT2D eigenvalue weighted by atomic mass is 16.6. The number of cyclic esters (lactones) is 1. The lowest BCUT2D eigenvalue weighted by atomic mass is 9.82. The number of pyridine rings is 2. The monoisotopic (exact) mass is 556 g/mol. The van der Waals surface area contributed by atoms with E-state index in [0.717, 1.165) is 76.3 Å². The fraction of sp³-hybridized carbons (Fsp3) is 0.229. The van der Waals surface area contributed by atoms with Crippen LogP contribution in [-0.2, 0) is 16.9 Å². The number of fused-ring (bicyclic) bond motifs is 3. The Kier molecular flexibility index (Phi) is 6.30. The van der Waals surface area contributed by atoms with Gasteiger partial charge in [0.15, 0.2) is 0 Å². The maximum atomic E-state index is 13.8. The summed E-state index contributed by atoms with van der Waals surface area (Å²) in [6.07, 6.45) is 7.06. The zero-order valence-corrected chi connectivity index (χ0v) is 24.0. The van der Waals surface area contributed by atoms with E-state index in [0.29, 0.717) is 11.3 Å². The van der Waals surface area contributed by atoms with Crippen LogP contribution in [0.15, 0.2) is 91.3 Å². The van der Waals surface area contributed by atoms with Crippen LogP contribution in [0.1, 0.15) is 59.2 Å². The van der Waals surface area contributed by atoms with E-state index in [4.69, 9.17) is 19.4 Å². The Morgan fingerprint density at radius 1 is 0.952 bits per heavy atom. The highest BCUT2D eigenvalue weighted by Crippen LogP contribution is 2.52. The van der Waals surface area contributed by atoms with Crippen molar-refractivity contribution in [3.8, 4) is 17.0 Å². The molecule has 0 radical (unpaired) electrons. The third kappa shape index (κ3) is 3.76. The molecule has 0 fully saturated rings. The molecule has 0 spiro atoms. The molecule has 7 rings (SSSR count). The summed E-state index contributed by atoms with van der Waals surface area (Å²) in [5.74, 6) is 0.357. The van der Waals surface area contributed by atoms with Crippen LogP contribution in [0, 0.1) is 6.92 Å². The summed E-state index contributed by atoms with van der Waals surface area (Å²) in [4.78, 5) is 23.8. The molecule has 1 atom stereocenters. The number of benzene rings is 2. The van der Waals surface area contributed by atoms with E-state index in [9.17, 15) is 4.79 Å². The van der Waals surface area contributed by atoms with Crippen LogP contribution in [0.5, 0.6) is 5.75 Å². The number of nitrogens with zero attached hydrogens (tertiary/aromatic N) is 4. The third-order valence-electron chi connectivity index (χ3n) is 8.40. The minimum Gasteiger partial charge on any atom is -0.497 e. The average molecular weight is 557 g/mol.